The summed E-state index contributed by atoms with van der Waals surface area (Å²) in [6.45, 7) is 2.88. The fourth-order valence-corrected chi connectivity index (χ4v) is 4.23. The zero-order chi connectivity index (χ0) is 18.4. The maximum Gasteiger partial charge on any atom is 0.234 e. The zero-order valence-electron chi connectivity index (χ0n) is 15.1. The van der Waals surface area contributed by atoms with Gasteiger partial charge in [0.05, 0.1) is 5.75 Å². The smallest absolute Gasteiger partial charge is 0.234 e. The lowest BCUT2D eigenvalue weighted by molar-refractivity contribution is -0.113. The van der Waals surface area contributed by atoms with Crippen LogP contribution in [0.15, 0.2) is 29.4 Å². The summed E-state index contributed by atoms with van der Waals surface area (Å²) in [5.41, 5.74) is 0.590. The molecular weight excluding hydrogens is 351 g/mol. The monoisotopic (exact) mass is 376 g/mol. The molecule has 0 spiro atoms. The molecule has 140 valence electrons. The quantitative estimate of drug-likeness (QED) is 0.732. The van der Waals surface area contributed by atoms with E-state index >= 15 is 0 Å². The zero-order valence-corrected chi connectivity index (χ0v) is 15.9. The van der Waals surface area contributed by atoms with Crippen molar-refractivity contribution in [3.63, 3.8) is 0 Å². The van der Waals surface area contributed by atoms with Crippen LogP contribution in [0.25, 0.3) is 0 Å². The Hall–Kier alpha value is -1.89. The van der Waals surface area contributed by atoms with Gasteiger partial charge in [0.1, 0.15) is 11.6 Å². The summed E-state index contributed by atoms with van der Waals surface area (Å²) in [7, 11) is 0. The molecule has 1 N–H and O–H groups in total. The van der Waals surface area contributed by atoms with Crippen molar-refractivity contribution in [2.24, 2.45) is 5.92 Å². The Balaban J connectivity index is 1.55. The van der Waals surface area contributed by atoms with Gasteiger partial charge in [-0.15, -0.1) is 10.2 Å². The lowest BCUT2D eigenvalue weighted by Gasteiger charge is -2.21. The number of carbonyl (C=O) groups is 1. The van der Waals surface area contributed by atoms with Crippen LogP contribution in [-0.2, 0) is 17.8 Å². The predicted molar refractivity (Wildman–Crippen MR) is 102 cm³/mol. The third-order valence-corrected chi connectivity index (χ3v) is 5.73. The molecule has 26 heavy (non-hydrogen) atoms. The topological polar surface area (TPSA) is 59.8 Å². The Bertz CT molecular complexity index is 726. The first-order valence-electron chi connectivity index (χ1n) is 9.26. The van der Waals surface area contributed by atoms with Crippen molar-refractivity contribution in [3.05, 3.63) is 35.9 Å². The number of benzene rings is 1. The number of aromatic nitrogens is 3. The molecular formula is C19H25FN4OS. The molecule has 1 aliphatic carbocycles. The molecule has 1 heterocycles. The summed E-state index contributed by atoms with van der Waals surface area (Å²) in [4.78, 5) is 12.1. The van der Waals surface area contributed by atoms with Gasteiger partial charge in [-0.2, -0.15) is 0 Å². The molecule has 0 bridgehead atoms. The molecule has 1 aliphatic rings. The normalized spacial score (nSPS) is 15.2. The van der Waals surface area contributed by atoms with Crippen LogP contribution in [0.5, 0.6) is 0 Å². The number of anilines is 1. The number of rotatable bonds is 7. The number of hydrogen-bond donors (Lipinski definition) is 1. The van der Waals surface area contributed by atoms with Crippen molar-refractivity contribution >= 4 is 23.4 Å². The molecule has 1 amide bonds. The highest BCUT2D eigenvalue weighted by atomic mass is 32.2. The van der Waals surface area contributed by atoms with Crippen molar-refractivity contribution in [3.8, 4) is 0 Å². The molecule has 0 unspecified atom stereocenters. The summed E-state index contributed by atoms with van der Waals surface area (Å²) < 4.78 is 15.0. The van der Waals surface area contributed by atoms with E-state index in [-0.39, 0.29) is 17.5 Å². The highest BCUT2D eigenvalue weighted by molar-refractivity contribution is 7.99. The van der Waals surface area contributed by atoms with Gasteiger partial charge < -0.3 is 9.88 Å². The molecule has 1 aromatic heterocycles. The number of carbonyl (C=O) groups excluding carboxylic acids is 1. The molecule has 1 aromatic carbocycles. The largest absolute Gasteiger partial charge is 0.325 e. The van der Waals surface area contributed by atoms with Crippen LogP contribution in [0.2, 0.25) is 0 Å². The number of amides is 1. The Morgan fingerprint density at radius 3 is 2.65 bits per heavy atom. The highest BCUT2D eigenvalue weighted by Crippen LogP contribution is 2.27. The SMILES string of the molecule is CCn1c(CC2CCCCC2)nnc1SCC(=O)Nc1ccc(F)cc1. The molecule has 5 nitrogen and oxygen atoms in total. The van der Waals surface area contributed by atoms with E-state index in [1.165, 1.54) is 56.0 Å². The van der Waals surface area contributed by atoms with Crippen molar-refractivity contribution in [2.45, 2.75) is 57.1 Å². The first kappa shape index (κ1) is 18.9. The van der Waals surface area contributed by atoms with Gasteiger partial charge in [-0.3, -0.25) is 4.79 Å². The van der Waals surface area contributed by atoms with Gasteiger partial charge in [-0.05, 0) is 37.1 Å². The van der Waals surface area contributed by atoms with E-state index in [1.807, 2.05) is 0 Å². The number of hydrogen-bond acceptors (Lipinski definition) is 4. The van der Waals surface area contributed by atoms with E-state index in [1.54, 1.807) is 12.1 Å². The van der Waals surface area contributed by atoms with E-state index < -0.39 is 0 Å². The molecule has 0 aliphatic heterocycles. The summed E-state index contributed by atoms with van der Waals surface area (Å²) >= 11 is 1.39. The molecule has 7 heteroatoms. The van der Waals surface area contributed by atoms with Gasteiger partial charge in [0.2, 0.25) is 5.91 Å². The second-order valence-electron chi connectivity index (χ2n) is 6.69. The van der Waals surface area contributed by atoms with E-state index in [0.717, 1.165) is 23.9 Å². The number of nitrogens with zero attached hydrogens (tertiary/aromatic N) is 3. The first-order valence-corrected chi connectivity index (χ1v) is 10.2. The third-order valence-electron chi connectivity index (χ3n) is 4.77. The second kappa shape index (κ2) is 9.16. The summed E-state index contributed by atoms with van der Waals surface area (Å²) in [6.07, 6.45) is 7.51. The van der Waals surface area contributed by atoms with Crippen LogP contribution < -0.4 is 5.32 Å². The van der Waals surface area contributed by atoms with Gasteiger partial charge in [-0.25, -0.2) is 4.39 Å². The van der Waals surface area contributed by atoms with Crippen LogP contribution in [0.4, 0.5) is 10.1 Å². The van der Waals surface area contributed by atoms with Crippen LogP contribution in [-0.4, -0.2) is 26.4 Å². The average Bonchev–Trinajstić information content (AvgIpc) is 3.04. The molecule has 0 radical (unpaired) electrons. The standard InChI is InChI=1S/C19H25FN4OS/c1-2-24-17(12-14-6-4-3-5-7-14)22-23-19(24)26-13-18(25)21-16-10-8-15(20)9-11-16/h8-11,14H,2-7,12-13H2,1H3,(H,21,25). The van der Waals surface area contributed by atoms with Crippen molar-refractivity contribution < 1.29 is 9.18 Å². The van der Waals surface area contributed by atoms with E-state index in [9.17, 15) is 9.18 Å². The minimum absolute atomic E-state index is 0.138. The Morgan fingerprint density at radius 2 is 1.96 bits per heavy atom. The maximum absolute atomic E-state index is 12.9. The second-order valence-corrected chi connectivity index (χ2v) is 7.64. The summed E-state index contributed by atoms with van der Waals surface area (Å²) in [5, 5.41) is 12.2. The van der Waals surface area contributed by atoms with Crippen LogP contribution in [0.1, 0.15) is 44.9 Å². The maximum atomic E-state index is 12.9. The van der Waals surface area contributed by atoms with Gasteiger partial charge in [0, 0.05) is 18.7 Å². The molecule has 0 atom stereocenters. The van der Waals surface area contributed by atoms with Crippen molar-refractivity contribution in [1.29, 1.82) is 0 Å². The first-order chi connectivity index (χ1) is 12.7. The van der Waals surface area contributed by atoms with Gasteiger partial charge >= 0.3 is 0 Å². The molecule has 1 fully saturated rings. The lowest BCUT2D eigenvalue weighted by Crippen LogP contribution is -2.15. The fraction of sp³-hybridized carbons (Fsp3) is 0.526. The fourth-order valence-electron chi connectivity index (χ4n) is 3.40. The Morgan fingerprint density at radius 1 is 1.23 bits per heavy atom. The van der Waals surface area contributed by atoms with Gasteiger partial charge in [0.15, 0.2) is 5.16 Å². The van der Waals surface area contributed by atoms with Crippen LogP contribution in [0, 0.1) is 11.7 Å². The molecule has 2 aromatic rings. The Labute approximate surface area is 157 Å². The number of nitrogens with one attached hydrogen (secondary N) is 1. The van der Waals surface area contributed by atoms with E-state index in [4.69, 9.17) is 0 Å². The van der Waals surface area contributed by atoms with E-state index in [2.05, 4.69) is 27.0 Å². The minimum Gasteiger partial charge on any atom is -0.325 e. The molecule has 1 saturated carbocycles. The summed E-state index contributed by atoms with van der Waals surface area (Å²) in [5.74, 6) is 1.53. The van der Waals surface area contributed by atoms with Gasteiger partial charge in [0.25, 0.3) is 0 Å². The molecule has 0 saturated heterocycles. The lowest BCUT2D eigenvalue weighted by atomic mass is 9.87. The minimum atomic E-state index is -0.320. The molecule has 3 rings (SSSR count). The summed E-state index contributed by atoms with van der Waals surface area (Å²) in [6, 6.07) is 5.76. The van der Waals surface area contributed by atoms with E-state index in [0.29, 0.717) is 11.6 Å². The average molecular weight is 377 g/mol. The van der Waals surface area contributed by atoms with Gasteiger partial charge in [-0.1, -0.05) is 43.9 Å². The highest BCUT2D eigenvalue weighted by Gasteiger charge is 2.19. The number of thioether (sulfide) groups is 1. The number of halogens is 1. The predicted octanol–water partition coefficient (Wildman–Crippen LogP) is 4.29. The van der Waals surface area contributed by atoms with Crippen molar-refractivity contribution in [2.75, 3.05) is 11.1 Å². The Kier molecular flexibility index (Phi) is 6.66. The van der Waals surface area contributed by atoms with Crippen molar-refractivity contribution in [1.82, 2.24) is 14.8 Å². The third kappa shape index (κ3) is 5.06. The van der Waals surface area contributed by atoms with Crippen LogP contribution >= 0.6 is 11.8 Å². The van der Waals surface area contributed by atoms with Crippen LogP contribution in [0.3, 0.4) is 0 Å².